The van der Waals surface area contributed by atoms with Gasteiger partial charge < -0.3 is 4.98 Å². The van der Waals surface area contributed by atoms with Gasteiger partial charge in [-0.15, -0.1) is 0 Å². The second-order valence-electron chi connectivity index (χ2n) is 5.41. The van der Waals surface area contributed by atoms with Gasteiger partial charge in [0.15, 0.2) is 0 Å². The molecule has 0 radical (unpaired) electrons. The van der Waals surface area contributed by atoms with Crippen LogP contribution in [0.4, 0.5) is 0 Å². The minimum atomic E-state index is 0.892. The molecule has 3 aromatic carbocycles. The molecule has 29 heavy (non-hydrogen) atoms. The summed E-state index contributed by atoms with van der Waals surface area (Å²) < 4.78 is 0. The first-order chi connectivity index (χ1) is 14.4. The largest absolute Gasteiger partial charge is 0.337 e. The van der Waals surface area contributed by atoms with Gasteiger partial charge in [0.1, 0.15) is 5.82 Å². The molecular formula is C27H34N2. The van der Waals surface area contributed by atoms with Crippen LogP contribution in [0.25, 0.3) is 33.9 Å². The lowest BCUT2D eigenvalue weighted by molar-refractivity contribution is 1.31. The molecule has 0 aliphatic rings. The summed E-state index contributed by atoms with van der Waals surface area (Å²) in [7, 11) is 0. The molecule has 1 aromatic heterocycles. The van der Waals surface area contributed by atoms with Crippen LogP contribution in [-0.4, -0.2) is 9.97 Å². The maximum atomic E-state index is 4.87. The van der Waals surface area contributed by atoms with Crippen molar-refractivity contribution in [3.63, 3.8) is 0 Å². The average molecular weight is 387 g/mol. The van der Waals surface area contributed by atoms with E-state index in [-0.39, 0.29) is 0 Å². The van der Waals surface area contributed by atoms with Gasteiger partial charge in [0, 0.05) is 16.7 Å². The Morgan fingerprint density at radius 2 is 0.862 bits per heavy atom. The Morgan fingerprint density at radius 1 is 0.483 bits per heavy atom. The van der Waals surface area contributed by atoms with Crippen LogP contribution in [0.5, 0.6) is 0 Å². The summed E-state index contributed by atoms with van der Waals surface area (Å²) in [5.41, 5.74) is 5.38. The van der Waals surface area contributed by atoms with Gasteiger partial charge in [0.2, 0.25) is 0 Å². The molecule has 0 aliphatic carbocycles. The number of rotatable bonds is 3. The number of aromatic amines is 1. The number of aromatic nitrogens is 2. The molecule has 2 heteroatoms. The van der Waals surface area contributed by atoms with Crippen LogP contribution in [0.15, 0.2) is 91.0 Å². The van der Waals surface area contributed by atoms with Crippen LogP contribution < -0.4 is 0 Å². The fourth-order valence-corrected chi connectivity index (χ4v) is 2.72. The summed E-state index contributed by atoms with van der Waals surface area (Å²) in [5.74, 6) is 0.892. The Labute approximate surface area is 176 Å². The number of H-pyrrole nitrogens is 1. The van der Waals surface area contributed by atoms with Crippen LogP contribution in [0, 0.1) is 0 Å². The first kappa shape index (κ1) is 23.9. The second kappa shape index (κ2) is 14.0. The Kier molecular flexibility index (Phi) is 11.5. The zero-order valence-corrected chi connectivity index (χ0v) is 18.6. The third-order valence-electron chi connectivity index (χ3n) is 3.86. The topological polar surface area (TPSA) is 28.7 Å². The van der Waals surface area contributed by atoms with E-state index in [2.05, 4.69) is 41.4 Å². The standard InChI is InChI=1S/C21H16N2.3C2H6/c1-4-10-16(11-5-1)19-20(17-12-6-2-7-13-17)23-21(22-19)18-14-8-3-9-15-18;3*1-2/h1-15H,(H,22,23);3*1-2H3. The molecule has 4 aromatic rings. The normalized spacial score (nSPS) is 9.03. The number of hydrogen-bond acceptors (Lipinski definition) is 1. The molecule has 0 fully saturated rings. The third-order valence-corrected chi connectivity index (χ3v) is 3.86. The number of hydrogen-bond donors (Lipinski definition) is 1. The molecule has 0 unspecified atom stereocenters. The number of benzene rings is 3. The van der Waals surface area contributed by atoms with Crippen molar-refractivity contribution in [2.24, 2.45) is 0 Å². The predicted molar refractivity (Wildman–Crippen MR) is 129 cm³/mol. The minimum absolute atomic E-state index is 0.892. The van der Waals surface area contributed by atoms with Crippen molar-refractivity contribution in [2.75, 3.05) is 0 Å². The molecular weight excluding hydrogens is 352 g/mol. The lowest BCUT2D eigenvalue weighted by Gasteiger charge is -2.02. The molecule has 0 aliphatic heterocycles. The van der Waals surface area contributed by atoms with Crippen LogP contribution in [0.2, 0.25) is 0 Å². The molecule has 4 rings (SSSR count). The van der Waals surface area contributed by atoms with Crippen molar-refractivity contribution < 1.29 is 0 Å². The van der Waals surface area contributed by atoms with E-state index in [1.807, 2.05) is 96.1 Å². The van der Waals surface area contributed by atoms with Crippen molar-refractivity contribution in [3.05, 3.63) is 91.0 Å². The zero-order valence-electron chi connectivity index (χ0n) is 18.6. The molecule has 152 valence electrons. The quantitative estimate of drug-likeness (QED) is 0.375. The Morgan fingerprint density at radius 3 is 1.31 bits per heavy atom. The van der Waals surface area contributed by atoms with E-state index in [9.17, 15) is 0 Å². The van der Waals surface area contributed by atoms with E-state index in [0.29, 0.717) is 0 Å². The van der Waals surface area contributed by atoms with Gasteiger partial charge in [-0.1, -0.05) is 133 Å². The summed E-state index contributed by atoms with van der Waals surface area (Å²) in [6.07, 6.45) is 0. The predicted octanol–water partition coefficient (Wildman–Crippen LogP) is 8.49. The fraction of sp³-hybridized carbons (Fsp3) is 0.222. The van der Waals surface area contributed by atoms with Gasteiger partial charge in [-0.3, -0.25) is 0 Å². The number of nitrogens with zero attached hydrogens (tertiary/aromatic N) is 1. The number of imidazole rings is 1. The van der Waals surface area contributed by atoms with Crippen LogP contribution in [0.3, 0.4) is 0 Å². The first-order valence-corrected chi connectivity index (χ1v) is 10.7. The summed E-state index contributed by atoms with van der Waals surface area (Å²) in [6, 6.07) is 30.9. The summed E-state index contributed by atoms with van der Waals surface area (Å²) in [6.45, 7) is 12.0. The van der Waals surface area contributed by atoms with E-state index in [1.54, 1.807) is 0 Å². The van der Waals surface area contributed by atoms with Crippen molar-refractivity contribution in [2.45, 2.75) is 41.5 Å². The minimum Gasteiger partial charge on any atom is -0.337 e. The lowest BCUT2D eigenvalue weighted by atomic mass is 10.1. The SMILES string of the molecule is CC.CC.CC.c1ccc(-c2nc(-c3ccccc3)c(-c3ccccc3)[nH]2)cc1. The van der Waals surface area contributed by atoms with Crippen LogP contribution >= 0.6 is 0 Å². The Bertz CT molecular complexity index is 838. The molecule has 0 bridgehead atoms. The average Bonchev–Trinajstić information content (AvgIpc) is 3.30. The van der Waals surface area contributed by atoms with Crippen molar-refractivity contribution in [1.29, 1.82) is 0 Å². The molecule has 0 amide bonds. The third kappa shape index (κ3) is 6.46. The Hall–Kier alpha value is -3.13. The van der Waals surface area contributed by atoms with Gasteiger partial charge >= 0.3 is 0 Å². The molecule has 0 saturated heterocycles. The molecule has 0 spiro atoms. The molecule has 0 saturated carbocycles. The maximum absolute atomic E-state index is 4.87. The van der Waals surface area contributed by atoms with Gasteiger partial charge in [0.25, 0.3) is 0 Å². The summed E-state index contributed by atoms with van der Waals surface area (Å²) >= 11 is 0. The molecule has 1 heterocycles. The number of nitrogens with one attached hydrogen (secondary N) is 1. The highest BCUT2D eigenvalue weighted by molar-refractivity contribution is 5.81. The van der Waals surface area contributed by atoms with Gasteiger partial charge in [-0.05, 0) is 0 Å². The highest BCUT2D eigenvalue weighted by Gasteiger charge is 2.14. The van der Waals surface area contributed by atoms with Gasteiger partial charge in [-0.2, -0.15) is 0 Å². The zero-order chi connectivity index (χ0) is 21.5. The maximum Gasteiger partial charge on any atom is 0.138 e. The van der Waals surface area contributed by atoms with Crippen LogP contribution in [0.1, 0.15) is 41.5 Å². The highest BCUT2D eigenvalue weighted by atomic mass is 14.9. The van der Waals surface area contributed by atoms with E-state index in [4.69, 9.17) is 4.98 Å². The lowest BCUT2D eigenvalue weighted by Crippen LogP contribution is -1.82. The molecule has 2 nitrogen and oxygen atoms in total. The smallest absolute Gasteiger partial charge is 0.138 e. The second-order valence-corrected chi connectivity index (χ2v) is 5.41. The van der Waals surface area contributed by atoms with Crippen LogP contribution in [-0.2, 0) is 0 Å². The van der Waals surface area contributed by atoms with E-state index in [1.165, 1.54) is 0 Å². The van der Waals surface area contributed by atoms with Crippen molar-refractivity contribution >= 4 is 0 Å². The Balaban J connectivity index is 0.000000644. The van der Waals surface area contributed by atoms with Gasteiger partial charge in [-0.25, -0.2) is 4.98 Å². The molecule has 1 N–H and O–H groups in total. The van der Waals surface area contributed by atoms with Crippen molar-refractivity contribution in [1.82, 2.24) is 9.97 Å². The first-order valence-electron chi connectivity index (χ1n) is 10.7. The van der Waals surface area contributed by atoms with E-state index in [0.717, 1.165) is 33.9 Å². The van der Waals surface area contributed by atoms with Gasteiger partial charge in [0.05, 0.1) is 11.4 Å². The molecule has 0 atom stereocenters. The van der Waals surface area contributed by atoms with E-state index >= 15 is 0 Å². The van der Waals surface area contributed by atoms with Crippen molar-refractivity contribution in [3.8, 4) is 33.9 Å². The van der Waals surface area contributed by atoms with E-state index < -0.39 is 0 Å². The summed E-state index contributed by atoms with van der Waals surface area (Å²) in [5, 5.41) is 0. The summed E-state index contributed by atoms with van der Waals surface area (Å²) in [4.78, 5) is 8.37. The fourth-order valence-electron chi connectivity index (χ4n) is 2.72. The highest BCUT2D eigenvalue weighted by Crippen LogP contribution is 2.32. The monoisotopic (exact) mass is 386 g/mol.